The fraction of sp³-hybridized carbons (Fsp3) is 0.562. The Balaban J connectivity index is 1.97. The smallest absolute Gasteiger partial charge is 0.253 e. The van der Waals surface area contributed by atoms with Crippen LogP contribution >= 0.6 is 0 Å². The first-order chi connectivity index (χ1) is 10.2. The van der Waals surface area contributed by atoms with Crippen LogP contribution in [0.15, 0.2) is 12.1 Å². The summed E-state index contributed by atoms with van der Waals surface area (Å²) in [6.45, 7) is 5.19. The minimum Gasteiger partial charge on any atom is -0.454 e. The lowest BCUT2D eigenvalue weighted by molar-refractivity contribution is 0.0946. The number of rotatable bonds is 7. The first kappa shape index (κ1) is 15.5. The molecule has 0 aliphatic carbocycles. The number of hydrogen-bond donors (Lipinski definition) is 2. The Morgan fingerprint density at radius 2 is 2.05 bits per heavy atom. The quantitative estimate of drug-likeness (QED) is 0.758. The molecule has 1 amide bonds. The lowest BCUT2D eigenvalue weighted by atomic mass is 9.99. The van der Waals surface area contributed by atoms with Gasteiger partial charge in [0.05, 0.1) is 5.56 Å². The van der Waals surface area contributed by atoms with Crippen molar-refractivity contribution < 1.29 is 14.3 Å². The maximum Gasteiger partial charge on any atom is 0.253 e. The van der Waals surface area contributed by atoms with Crippen LogP contribution in [-0.4, -0.2) is 19.2 Å². The van der Waals surface area contributed by atoms with Gasteiger partial charge in [-0.2, -0.15) is 0 Å². The maximum atomic E-state index is 12.3. The van der Waals surface area contributed by atoms with E-state index in [1.165, 1.54) is 12.8 Å². The van der Waals surface area contributed by atoms with Crippen LogP contribution < -0.4 is 20.5 Å². The van der Waals surface area contributed by atoms with Gasteiger partial charge in [0, 0.05) is 18.3 Å². The highest BCUT2D eigenvalue weighted by Crippen LogP contribution is 2.35. The van der Waals surface area contributed by atoms with E-state index >= 15 is 0 Å². The Morgan fingerprint density at radius 3 is 2.71 bits per heavy atom. The van der Waals surface area contributed by atoms with Crippen LogP contribution in [0.5, 0.6) is 11.5 Å². The first-order valence-corrected chi connectivity index (χ1v) is 7.63. The average molecular weight is 292 g/mol. The van der Waals surface area contributed by atoms with Gasteiger partial charge in [0.2, 0.25) is 6.79 Å². The molecule has 1 heterocycles. The highest BCUT2D eigenvalue weighted by molar-refractivity contribution is 6.00. The SMILES string of the molecule is CCCCC(CC)CNC(=O)c1cc2c(cc1N)OCO2. The van der Waals surface area contributed by atoms with Crippen molar-refractivity contribution in [3.63, 3.8) is 0 Å². The number of hydrogen-bond acceptors (Lipinski definition) is 4. The monoisotopic (exact) mass is 292 g/mol. The fourth-order valence-electron chi connectivity index (χ4n) is 2.43. The number of nitrogens with one attached hydrogen (secondary N) is 1. The molecule has 0 saturated heterocycles. The number of nitrogen functional groups attached to an aromatic ring is 1. The molecule has 1 aromatic rings. The molecule has 1 unspecified atom stereocenters. The van der Waals surface area contributed by atoms with Gasteiger partial charge in [-0.25, -0.2) is 0 Å². The van der Waals surface area contributed by atoms with Crippen LogP contribution in [-0.2, 0) is 0 Å². The van der Waals surface area contributed by atoms with Crippen molar-refractivity contribution in [2.45, 2.75) is 39.5 Å². The molecule has 116 valence electrons. The summed E-state index contributed by atoms with van der Waals surface area (Å²) >= 11 is 0. The predicted octanol–water partition coefficient (Wildman–Crippen LogP) is 2.94. The normalized spacial score (nSPS) is 14.0. The molecular formula is C16H24N2O3. The summed E-state index contributed by atoms with van der Waals surface area (Å²) in [5.41, 5.74) is 6.78. The number of fused-ring (bicyclic) bond motifs is 1. The highest BCUT2D eigenvalue weighted by atomic mass is 16.7. The number of benzene rings is 1. The predicted molar refractivity (Wildman–Crippen MR) is 82.6 cm³/mol. The van der Waals surface area contributed by atoms with Crippen LogP contribution in [0.25, 0.3) is 0 Å². The first-order valence-electron chi connectivity index (χ1n) is 7.63. The molecule has 5 heteroatoms. The molecule has 1 atom stereocenters. The molecule has 0 bridgehead atoms. The molecule has 1 aromatic carbocycles. The lowest BCUT2D eigenvalue weighted by Crippen LogP contribution is -2.29. The van der Waals surface area contributed by atoms with Crippen molar-refractivity contribution in [1.29, 1.82) is 0 Å². The van der Waals surface area contributed by atoms with Crippen molar-refractivity contribution in [1.82, 2.24) is 5.32 Å². The zero-order valence-electron chi connectivity index (χ0n) is 12.8. The average Bonchev–Trinajstić information content (AvgIpc) is 2.93. The summed E-state index contributed by atoms with van der Waals surface area (Å²) in [7, 11) is 0. The molecule has 0 saturated carbocycles. The standard InChI is InChI=1S/C16H24N2O3/c1-3-5-6-11(4-2)9-18-16(19)12-7-14-15(8-13(12)17)21-10-20-14/h7-8,11H,3-6,9-10,17H2,1-2H3,(H,18,19). The van der Waals surface area contributed by atoms with E-state index in [4.69, 9.17) is 15.2 Å². The van der Waals surface area contributed by atoms with Crippen molar-refractivity contribution in [2.24, 2.45) is 5.92 Å². The van der Waals surface area contributed by atoms with Gasteiger partial charge in [-0.3, -0.25) is 4.79 Å². The van der Waals surface area contributed by atoms with Gasteiger partial charge in [-0.15, -0.1) is 0 Å². The third kappa shape index (κ3) is 3.80. The Kier molecular flexibility index (Phi) is 5.31. The number of unbranched alkanes of at least 4 members (excludes halogenated alkanes) is 1. The minimum absolute atomic E-state index is 0.152. The fourth-order valence-corrected chi connectivity index (χ4v) is 2.43. The topological polar surface area (TPSA) is 73.6 Å². The van der Waals surface area contributed by atoms with Crippen molar-refractivity contribution >= 4 is 11.6 Å². The minimum atomic E-state index is -0.152. The van der Waals surface area contributed by atoms with Crippen LogP contribution in [0.1, 0.15) is 49.9 Å². The van der Waals surface area contributed by atoms with Gasteiger partial charge in [-0.05, 0) is 18.4 Å². The van der Waals surface area contributed by atoms with Gasteiger partial charge in [-0.1, -0.05) is 33.1 Å². The van der Waals surface area contributed by atoms with Gasteiger partial charge >= 0.3 is 0 Å². The van der Waals surface area contributed by atoms with Crippen LogP contribution in [0.2, 0.25) is 0 Å². The van der Waals surface area contributed by atoms with Crippen LogP contribution in [0, 0.1) is 5.92 Å². The number of nitrogens with two attached hydrogens (primary N) is 1. The Labute approximate surface area is 125 Å². The van der Waals surface area contributed by atoms with Gasteiger partial charge in [0.25, 0.3) is 5.91 Å². The van der Waals surface area contributed by atoms with Crippen molar-refractivity contribution in [3.05, 3.63) is 17.7 Å². The highest BCUT2D eigenvalue weighted by Gasteiger charge is 2.20. The zero-order chi connectivity index (χ0) is 15.2. The van der Waals surface area contributed by atoms with E-state index in [1.807, 2.05) is 0 Å². The zero-order valence-corrected chi connectivity index (χ0v) is 12.8. The van der Waals surface area contributed by atoms with Crippen molar-refractivity contribution in [3.8, 4) is 11.5 Å². The van der Waals surface area contributed by atoms with E-state index in [0.717, 1.165) is 12.8 Å². The van der Waals surface area contributed by atoms with Gasteiger partial charge in [0.1, 0.15) is 0 Å². The third-order valence-corrected chi connectivity index (χ3v) is 3.88. The van der Waals surface area contributed by atoms with Crippen molar-refractivity contribution in [2.75, 3.05) is 19.1 Å². The van der Waals surface area contributed by atoms with E-state index < -0.39 is 0 Å². The largest absolute Gasteiger partial charge is 0.454 e. The van der Waals surface area contributed by atoms with E-state index in [1.54, 1.807) is 12.1 Å². The number of amides is 1. The lowest BCUT2D eigenvalue weighted by Gasteiger charge is -2.16. The number of carbonyl (C=O) groups is 1. The molecule has 2 rings (SSSR count). The molecule has 3 N–H and O–H groups in total. The second kappa shape index (κ2) is 7.20. The number of carbonyl (C=O) groups excluding carboxylic acids is 1. The molecule has 1 aliphatic heterocycles. The Morgan fingerprint density at radius 1 is 1.33 bits per heavy atom. The summed E-state index contributed by atoms with van der Waals surface area (Å²) < 4.78 is 10.5. The molecule has 0 aromatic heterocycles. The summed E-state index contributed by atoms with van der Waals surface area (Å²) in [6, 6.07) is 3.30. The van der Waals surface area contributed by atoms with Crippen LogP contribution in [0.3, 0.4) is 0 Å². The molecule has 0 fully saturated rings. The van der Waals surface area contributed by atoms with E-state index in [2.05, 4.69) is 19.2 Å². The summed E-state index contributed by atoms with van der Waals surface area (Å²) in [5.74, 6) is 1.54. The summed E-state index contributed by atoms with van der Waals surface area (Å²) in [5, 5.41) is 2.98. The second-order valence-electron chi connectivity index (χ2n) is 5.42. The Hall–Kier alpha value is -1.91. The molecule has 0 spiro atoms. The second-order valence-corrected chi connectivity index (χ2v) is 5.42. The van der Waals surface area contributed by atoms with Crippen LogP contribution in [0.4, 0.5) is 5.69 Å². The Bertz CT molecular complexity index is 503. The maximum absolute atomic E-state index is 12.3. The van der Waals surface area contributed by atoms with E-state index in [0.29, 0.717) is 35.2 Å². The summed E-state index contributed by atoms with van der Waals surface area (Å²) in [6.07, 6.45) is 4.58. The molecular weight excluding hydrogens is 268 g/mol. The molecule has 0 radical (unpaired) electrons. The van der Waals surface area contributed by atoms with E-state index in [-0.39, 0.29) is 12.7 Å². The number of ether oxygens (including phenoxy) is 2. The number of anilines is 1. The molecule has 1 aliphatic rings. The summed E-state index contributed by atoms with van der Waals surface area (Å²) in [4.78, 5) is 12.3. The van der Waals surface area contributed by atoms with Gasteiger partial charge in [0.15, 0.2) is 11.5 Å². The van der Waals surface area contributed by atoms with Gasteiger partial charge < -0.3 is 20.5 Å². The third-order valence-electron chi connectivity index (χ3n) is 3.88. The molecule has 21 heavy (non-hydrogen) atoms. The van der Waals surface area contributed by atoms with E-state index in [9.17, 15) is 4.79 Å². The molecule has 5 nitrogen and oxygen atoms in total.